The summed E-state index contributed by atoms with van der Waals surface area (Å²) >= 11 is 0. The summed E-state index contributed by atoms with van der Waals surface area (Å²) in [6.45, 7) is 1.38. The van der Waals surface area contributed by atoms with Crippen LogP contribution in [0.5, 0.6) is 5.75 Å². The third-order valence-corrected chi connectivity index (χ3v) is 3.83. The third kappa shape index (κ3) is 3.87. The number of rotatable bonds is 6. The molecule has 0 aliphatic carbocycles. The first-order chi connectivity index (χ1) is 13.4. The minimum absolute atomic E-state index is 0.0931. The summed E-state index contributed by atoms with van der Waals surface area (Å²) in [5, 5.41) is 20.9. The van der Waals surface area contributed by atoms with E-state index in [-0.39, 0.29) is 22.7 Å². The normalized spacial score (nSPS) is 11.6. The molecule has 0 saturated heterocycles. The molecule has 1 amide bonds. The Morgan fingerprint density at radius 2 is 2.07 bits per heavy atom. The molecule has 0 aliphatic heterocycles. The summed E-state index contributed by atoms with van der Waals surface area (Å²) in [7, 11) is 1.36. The number of aromatic nitrogens is 3. The lowest BCUT2D eigenvalue weighted by Gasteiger charge is -2.15. The fourth-order valence-corrected chi connectivity index (χ4v) is 2.37. The van der Waals surface area contributed by atoms with Crippen molar-refractivity contribution in [3.05, 3.63) is 58.5 Å². The van der Waals surface area contributed by atoms with Gasteiger partial charge in [0.25, 0.3) is 11.6 Å². The molecular formula is C17H15N5O6. The van der Waals surface area contributed by atoms with Gasteiger partial charge in [-0.1, -0.05) is 0 Å². The van der Waals surface area contributed by atoms with Crippen LogP contribution in [0.25, 0.3) is 5.65 Å². The second-order valence-corrected chi connectivity index (χ2v) is 5.69. The Labute approximate surface area is 158 Å². The Balaban J connectivity index is 1.71. The van der Waals surface area contributed by atoms with Gasteiger partial charge in [-0.05, 0) is 25.1 Å². The molecule has 0 spiro atoms. The Hall–Kier alpha value is -4.02. The Morgan fingerprint density at radius 1 is 1.29 bits per heavy atom. The van der Waals surface area contributed by atoms with Gasteiger partial charge in [0.2, 0.25) is 0 Å². The minimum atomic E-state index is -1.16. The molecule has 0 aliphatic rings. The van der Waals surface area contributed by atoms with Gasteiger partial charge in [-0.3, -0.25) is 19.3 Å². The van der Waals surface area contributed by atoms with Crippen LogP contribution in [0.3, 0.4) is 0 Å². The van der Waals surface area contributed by atoms with E-state index in [1.807, 2.05) is 0 Å². The number of nitro groups is 1. The van der Waals surface area contributed by atoms with Crippen LogP contribution in [0.2, 0.25) is 0 Å². The average Bonchev–Trinajstić information content (AvgIpc) is 3.15. The monoisotopic (exact) mass is 385 g/mol. The number of hydrogen-bond acceptors (Lipinski definition) is 8. The van der Waals surface area contributed by atoms with Gasteiger partial charge < -0.3 is 14.8 Å². The highest BCUT2D eigenvalue weighted by atomic mass is 16.6. The standard InChI is InChI=1S/C17H15N5O6/c1-10(28-17(24)11-3-6-15-20-18-9-21(15)8-11)16(23)19-13-7-12(22(25)26)4-5-14(13)27-2/h3-10H,1-2H3,(H,19,23). The lowest BCUT2D eigenvalue weighted by Crippen LogP contribution is -2.30. The van der Waals surface area contributed by atoms with Crippen molar-refractivity contribution < 1.29 is 24.0 Å². The van der Waals surface area contributed by atoms with Gasteiger partial charge in [-0.15, -0.1) is 10.2 Å². The molecule has 2 aromatic heterocycles. The number of nitro benzene ring substituents is 1. The highest BCUT2D eigenvalue weighted by Gasteiger charge is 2.22. The van der Waals surface area contributed by atoms with Crippen molar-refractivity contribution in [3.8, 4) is 5.75 Å². The molecule has 2 heterocycles. The van der Waals surface area contributed by atoms with Crippen LogP contribution in [-0.4, -0.2) is 44.6 Å². The number of non-ortho nitro benzene ring substituents is 1. The lowest BCUT2D eigenvalue weighted by atomic mass is 10.2. The predicted molar refractivity (Wildman–Crippen MR) is 96.1 cm³/mol. The number of fused-ring (bicyclic) bond motifs is 1. The summed E-state index contributed by atoms with van der Waals surface area (Å²) < 4.78 is 11.8. The first-order valence-corrected chi connectivity index (χ1v) is 8.02. The lowest BCUT2D eigenvalue weighted by molar-refractivity contribution is -0.384. The number of nitrogens with one attached hydrogen (secondary N) is 1. The van der Waals surface area contributed by atoms with E-state index in [1.54, 1.807) is 6.07 Å². The van der Waals surface area contributed by atoms with Crippen LogP contribution in [0.4, 0.5) is 11.4 Å². The minimum Gasteiger partial charge on any atom is -0.495 e. The number of carbonyl (C=O) groups excluding carboxylic acids is 2. The highest BCUT2D eigenvalue weighted by molar-refractivity contribution is 5.98. The number of carbonyl (C=O) groups is 2. The van der Waals surface area contributed by atoms with Crippen molar-refractivity contribution in [2.24, 2.45) is 0 Å². The van der Waals surface area contributed by atoms with Crippen LogP contribution < -0.4 is 10.1 Å². The number of nitrogens with zero attached hydrogens (tertiary/aromatic N) is 4. The van der Waals surface area contributed by atoms with E-state index in [2.05, 4.69) is 15.5 Å². The summed E-state index contributed by atoms with van der Waals surface area (Å²) in [5.74, 6) is -1.16. The fourth-order valence-electron chi connectivity index (χ4n) is 2.37. The van der Waals surface area contributed by atoms with E-state index >= 15 is 0 Å². The summed E-state index contributed by atoms with van der Waals surface area (Å²) in [6, 6.07) is 6.85. The van der Waals surface area contributed by atoms with Gasteiger partial charge in [-0.25, -0.2) is 4.79 Å². The smallest absolute Gasteiger partial charge is 0.340 e. The maximum absolute atomic E-state index is 12.4. The number of methoxy groups -OCH3 is 1. The Kier molecular flexibility index (Phi) is 5.16. The zero-order chi connectivity index (χ0) is 20.3. The first-order valence-electron chi connectivity index (χ1n) is 8.02. The van der Waals surface area contributed by atoms with Crippen molar-refractivity contribution in [3.63, 3.8) is 0 Å². The number of ether oxygens (including phenoxy) is 2. The van der Waals surface area contributed by atoms with Gasteiger partial charge in [-0.2, -0.15) is 0 Å². The van der Waals surface area contributed by atoms with Crippen molar-refractivity contribution >= 4 is 28.9 Å². The van der Waals surface area contributed by atoms with Gasteiger partial charge in [0.1, 0.15) is 12.1 Å². The topological polar surface area (TPSA) is 138 Å². The van der Waals surface area contributed by atoms with Crippen molar-refractivity contribution in [2.45, 2.75) is 13.0 Å². The van der Waals surface area contributed by atoms with Crippen LogP contribution in [0.1, 0.15) is 17.3 Å². The van der Waals surface area contributed by atoms with Gasteiger partial charge >= 0.3 is 5.97 Å². The number of pyridine rings is 1. The van der Waals surface area contributed by atoms with Gasteiger partial charge in [0.15, 0.2) is 11.8 Å². The molecule has 1 unspecified atom stereocenters. The molecule has 0 radical (unpaired) electrons. The van der Waals surface area contributed by atoms with E-state index in [1.165, 1.54) is 49.2 Å². The molecule has 3 rings (SSSR count). The molecule has 0 saturated carbocycles. The second kappa shape index (κ2) is 7.70. The Morgan fingerprint density at radius 3 is 2.79 bits per heavy atom. The molecule has 0 bridgehead atoms. The molecule has 3 aromatic rings. The zero-order valence-corrected chi connectivity index (χ0v) is 14.9. The molecule has 144 valence electrons. The van der Waals surface area contributed by atoms with E-state index < -0.39 is 22.9 Å². The molecule has 1 atom stereocenters. The van der Waals surface area contributed by atoms with E-state index in [4.69, 9.17) is 9.47 Å². The molecule has 11 nitrogen and oxygen atoms in total. The van der Waals surface area contributed by atoms with E-state index in [0.29, 0.717) is 5.65 Å². The summed E-state index contributed by atoms with van der Waals surface area (Å²) in [6.07, 6.45) is 1.75. The van der Waals surface area contributed by atoms with E-state index in [0.717, 1.165) is 6.07 Å². The van der Waals surface area contributed by atoms with Crippen LogP contribution in [0.15, 0.2) is 42.9 Å². The number of anilines is 1. The SMILES string of the molecule is COc1ccc([N+](=O)[O-])cc1NC(=O)C(C)OC(=O)c1ccc2nncn2c1. The van der Waals surface area contributed by atoms with Gasteiger partial charge in [0, 0.05) is 18.3 Å². The molecule has 11 heteroatoms. The summed E-state index contributed by atoms with van der Waals surface area (Å²) in [4.78, 5) is 35.0. The molecular weight excluding hydrogens is 370 g/mol. The molecule has 0 fully saturated rings. The van der Waals surface area contributed by atoms with E-state index in [9.17, 15) is 19.7 Å². The van der Waals surface area contributed by atoms with Crippen LogP contribution in [0, 0.1) is 10.1 Å². The first kappa shape index (κ1) is 18.8. The maximum Gasteiger partial charge on any atom is 0.340 e. The second-order valence-electron chi connectivity index (χ2n) is 5.69. The number of amides is 1. The zero-order valence-electron chi connectivity index (χ0n) is 14.9. The fraction of sp³-hybridized carbons (Fsp3) is 0.176. The average molecular weight is 385 g/mol. The van der Waals surface area contributed by atoms with Crippen LogP contribution in [-0.2, 0) is 9.53 Å². The van der Waals surface area contributed by atoms with Crippen molar-refractivity contribution in [2.75, 3.05) is 12.4 Å². The molecule has 1 aromatic carbocycles. The molecule has 28 heavy (non-hydrogen) atoms. The maximum atomic E-state index is 12.4. The summed E-state index contributed by atoms with van der Waals surface area (Å²) in [5.41, 5.74) is 0.637. The van der Waals surface area contributed by atoms with Crippen molar-refractivity contribution in [1.29, 1.82) is 0 Å². The van der Waals surface area contributed by atoms with Crippen LogP contribution >= 0.6 is 0 Å². The Bertz CT molecular complexity index is 1060. The van der Waals surface area contributed by atoms with Gasteiger partial charge in [0.05, 0.1) is 23.3 Å². The number of hydrogen-bond donors (Lipinski definition) is 1. The molecule has 1 N–H and O–H groups in total. The highest BCUT2D eigenvalue weighted by Crippen LogP contribution is 2.29. The predicted octanol–water partition coefficient (Wildman–Crippen LogP) is 1.83. The largest absolute Gasteiger partial charge is 0.495 e. The number of benzene rings is 1. The quantitative estimate of drug-likeness (QED) is 0.385. The number of esters is 1. The van der Waals surface area contributed by atoms with Crippen molar-refractivity contribution in [1.82, 2.24) is 14.6 Å². The third-order valence-electron chi connectivity index (χ3n) is 3.83.